The summed E-state index contributed by atoms with van der Waals surface area (Å²) in [6.45, 7) is 1.92. The van der Waals surface area contributed by atoms with E-state index in [9.17, 15) is 8.42 Å². The summed E-state index contributed by atoms with van der Waals surface area (Å²) in [5.41, 5.74) is 7.81. The van der Waals surface area contributed by atoms with Crippen LogP contribution in [0.1, 0.15) is 13.3 Å². The van der Waals surface area contributed by atoms with E-state index in [1.54, 1.807) is 22.2 Å². The van der Waals surface area contributed by atoms with Crippen LogP contribution in [0.25, 0.3) is 11.3 Å². The highest BCUT2D eigenvalue weighted by molar-refractivity contribution is 7.91. The van der Waals surface area contributed by atoms with Gasteiger partial charge in [-0.2, -0.15) is 16.4 Å². The van der Waals surface area contributed by atoms with Crippen molar-refractivity contribution < 1.29 is 8.42 Å². The molecule has 0 spiro atoms. The first-order chi connectivity index (χ1) is 8.90. The van der Waals surface area contributed by atoms with Gasteiger partial charge in [0.15, 0.2) is 9.84 Å². The highest BCUT2D eigenvalue weighted by Gasteiger charge is 2.40. The summed E-state index contributed by atoms with van der Waals surface area (Å²) in [6, 6.07) is 1.96. The molecule has 0 aromatic carbocycles. The number of aromatic nitrogens is 2. The minimum Gasteiger partial charge on any atom is -0.396 e. The molecule has 5 nitrogen and oxygen atoms in total. The number of anilines is 1. The van der Waals surface area contributed by atoms with Crippen LogP contribution in [0.5, 0.6) is 0 Å². The van der Waals surface area contributed by atoms with Gasteiger partial charge in [-0.05, 0) is 24.8 Å². The van der Waals surface area contributed by atoms with E-state index in [2.05, 4.69) is 5.10 Å². The van der Waals surface area contributed by atoms with Crippen LogP contribution in [0.3, 0.4) is 0 Å². The van der Waals surface area contributed by atoms with Gasteiger partial charge in [0.25, 0.3) is 0 Å². The molecule has 1 atom stereocenters. The van der Waals surface area contributed by atoms with Crippen LogP contribution < -0.4 is 5.73 Å². The van der Waals surface area contributed by atoms with Crippen molar-refractivity contribution in [3.63, 3.8) is 0 Å². The average molecular weight is 297 g/mol. The molecule has 102 valence electrons. The van der Waals surface area contributed by atoms with Crippen LogP contribution in [0, 0.1) is 0 Å². The number of thiophene rings is 1. The van der Waals surface area contributed by atoms with Gasteiger partial charge in [0.05, 0.1) is 22.7 Å². The summed E-state index contributed by atoms with van der Waals surface area (Å²) >= 11 is 1.58. The molecule has 1 unspecified atom stereocenters. The summed E-state index contributed by atoms with van der Waals surface area (Å²) in [6.07, 6.45) is 2.33. The Labute approximate surface area is 116 Å². The number of nitrogens with zero attached hydrogens (tertiary/aromatic N) is 2. The van der Waals surface area contributed by atoms with Gasteiger partial charge in [-0.3, -0.25) is 4.68 Å². The Kier molecular flexibility index (Phi) is 2.72. The van der Waals surface area contributed by atoms with E-state index in [4.69, 9.17) is 5.73 Å². The fourth-order valence-electron chi connectivity index (χ4n) is 2.46. The molecule has 0 saturated carbocycles. The number of hydrogen-bond acceptors (Lipinski definition) is 5. The second kappa shape index (κ2) is 4.08. The number of sulfone groups is 1. The lowest BCUT2D eigenvalue weighted by Gasteiger charge is -2.22. The van der Waals surface area contributed by atoms with Gasteiger partial charge in [-0.15, -0.1) is 0 Å². The Hall–Kier alpha value is -1.34. The van der Waals surface area contributed by atoms with Crippen molar-refractivity contribution in [3.05, 3.63) is 23.0 Å². The zero-order chi connectivity index (χ0) is 13.7. The molecule has 2 aromatic heterocycles. The fraction of sp³-hybridized carbons (Fsp3) is 0.417. The standard InChI is InChI=1S/C12H15N3O2S2/c1-12(3-5-19(16,17)8-12)15-6-10(13)11(14-15)9-2-4-18-7-9/h2,4,6-7H,3,5,8,13H2,1H3. The third kappa shape index (κ3) is 2.17. The quantitative estimate of drug-likeness (QED) is 0.915. The van der Waals surface area contributed by atoms with Gasteiger partial charge in [0, 0.05) is 17.1 Å². The molecular formula is C12H15N3O2S2. The predicted octanol–water partition coefficient (Wildman–Crippen LogP) is 1.73. The summed E-state index contributed by atoms with van der Waals surface area (Å²) in [7, 11) is -2.96. The van der Waals surface area contributed by atoms with E-state index in [-0.39, 0.29) is 11.5 Å². The molecule has 1 fully saturated rings. The number of nitrogens with two attached hydrogens (primary N) is 1. The molecule has 7 heteroatoms. The molecule has 1 aliphatic rings. The van der Waals surface area contributed by atoms with E-state index in [0.29, 0.717) is 12.1 Å². The van der Waals surface area contributed by atoms with E-state index in [0.717, 1.165) is 11.3 Å². The maximum Gasteiger partial charge on any atom is 0.152 e. The van der Waals surface area contributed by atoms with Crippen molar-refractivity contribution in [2.45, 2.75) is 18.9 Å². The fourth-order valence-corrected chi connectivity index (χ4v) is 5.22. The number of rotatable bonds is 2. The van der Waals surface area contributed by atoms with Crippen molar-refractivity contribution >= 4 is 26.9 Å². The van der Waals surface area contributed by atoms with Crippen LogP contribution in [0.4, 0.5) is 5.69 Å². The normalized spacial score (nSPS) is 25.7. The minimum absolute atomic E-state index is 0.129. The molecule has 2 aromatic rings. The monoisotopic (exact) mass is 297 g/mol. The summed E-state index contributed by atoms with van der Waals surface area (Å²) in [5, 5.41) is 8.46. The second-order valence-electron chi connectivity index (χ2n) is 5.23. The molecule has 0 radical (unpaired) electrons. The van der Waals surface area contributed by atoms with Crippen LogP contribution in [-0.4, -0.2) is 29.7 Å². The predicted molar refractivity (Wildman–Crippen MR) is 76.9 cm³/mol. The Balaban J connectivity index is 2.02. The molecule has 19 heavy (non-hydrogen) atoms. The van der Waals surface area contributed by atoms with Crippen LogP contribution >= 0.6 is 11.3 Å². The Morgan fingerprint density at radius 3 is 2.89 bits per heavy atom. The van der Waals surface area contributed by atoms with E-state index in [1.165, 1.54) is 0 Å². The molecule has 0 amide bonds. The molecule has 3 rings (SSSR count). The van der Waals surface area contributed by atoms with E-state index >= 15 is 0 Å². The highest BCUT2D eigenvalue weighted by Crippen LogP contribution is 2.34. The van der Waals surface area contributed by atoms with Gasteiger partial charge in [0.1, 0.15) is 5.69 Å². The third-order valence-electron chi connectivity index (χ3n) is 3.57. The first kappa shape index (κ1) is 12.7. The zero-order valence-electron chi connectivity index (χ0n) is 10.5. The lowest BCUT2D eigenvalue weighted by molar-refractivity contribution is 0.329. The Morgan fingerprint density at radius 1 is 1.53 bits per heavy atom. The summed E-state index contributed by atoms with van der Waals surface area (Å²) in [4.78, 5) is 0. The number of hydrogen-bond donors (Lipinski definition) is 1. The summed E-state index contributed by atoms with van der Waals surface area (Å²) < 4.78 is 25.1. The lowest BCUT2D eigenvalue weighted by Crippen LogP contribution is -2.31. The second-order valence-corrected chi connectivity index (χ2v) is 8.19. The SMILES string of the molecule is CC1(n2cc(N)c(-c3ccsc3)n2)CCS(=O)(=O)C1. The maximum absolute atomic E-state index is 11.7. The first-order valence-electron chi connectivity index (χ1n) is 5.98. The van der Waals surface area contributed by atoms with Gasteiger partial charge in [0.2, 0.25) is 0 Å². The van der Waals surface area contributed by atoms with Gasteiger partial charge >= 0.3 is 0 Å². The van der Waals surface area contributed by atoms with Crippen molar-refractivity contribution in [3.8, 4) is 11.3 Å². The third-order valence-corrected chi connectivity index (χ3v) is 6.14. The van der Waals surface area contributed by atoms with Gasteiger partial charge in [-0.25, -0.2) is 8.42 Å². The molecule has 0 aliphatic carbocycles. The van der Waals surface area contributed by atoms with E-state index < -0.39 is 15.4 Å². The number of nitrogen functional groups attached to an aromatic ring is 1. The molecular weight excluding hydrogens is 282 g/mol. The largest absolute Gasteiger partial charge is 0.396 e. The highest BCUT2D eigenvalue weighted by atomic mass is 32.2. The molecule has 3 heterocycles. The molecule has 0 bridgehead atoms. The van der Waals surface area contributed by atoms with Crippen LogP contribution in [0.2, 0.25) is 0 Å². The zero-order valence-corrected chi connectivity index (χ0v) is 12.2. The lowest BCUT2D eigenvalue weighted by atomic mass is 10.0. The maximum atomic E-state index is 11.7. The Morgan fingerprint density at radius 2 is 2.32 bits per heavy atom. The Bertz CT molecular complexity index is 703. The molecule has 2 N–H and O–H groups in total. The van der Waals surface area contributed by atoms with Crippen molar-refractivity contribution in [2.24, 2.45) is 0 Å². The van der Waals surface area contributed by atoms with Crippen molar-refractivity contribution in [1.29, 1.82) is 0 Å². The molecule has 1 aliphatic heterocycles. The first-order valence-corrected chi connectivity index (χ1v) is 8.75. The van der Waals surface area contributed by atoms with Crippen molar-refractivity contribution in [1.82, 2.24) is 9.78 Å². The molecule has 1 saturated heterocycles. The van der Waals surface area contributed by atoms with Gasteiger partial charge < -0.3 is 5.73 Å². The van der Waals surface area contributed by atoms with Crippen molar-refractivity contribution in [2.75, 3.05) is 17.2 Å². The van der Waals surface area contributed by atoms with Crippen LogP contribution in [-0.2, 0) is 15.4 Å². The smallest absolute Gasteiger partial charge is 0.152 e. The average Bonchev–Trinajstić information content (AvgIpc) is 2.98. The van der Waals surface area contributed by atoms with E-state index in [1.807, 2.05) is 23.8 Å². The van der Waals surface area contributed by atoms with Crippen LogP contribution in [0.15, 0.2) is 23.0 Å². The minimum atomic E-state index is -2.96. The topological polar surface area (TPSA) is 78.0 Å². The van der Waals surface area contributed by atoms with Gasteiger partial charge in [-0.1, -0.05) is 0 Å². The summed E-state index contributed by atoms with van der Waals surface area (Å²) in [5.74, 6) is 0.348.